The van der Waals surface area contributed by atoms with Crippen LogP contribution in [0.4, 0.5) is 5.69 Å². The maximum Gasteiger partial charge on any atom is 0.335 e. The van der Waals surface area contributed by atoms with Crippen molar-refractivity contribution in [3.63, 3.8) is 0 Å². The Bertz CT molecular complexity index is 1230. The normalized spacial score (nSPS) is 10.9. The van der Waals surface area contributed by atoms with Crippen LogP contribution in [0.3, 0.4) is 0 Å². The molecule has 9 heteroatoms. The third-order valence-corrected chi connectivity index (χ3v) is 4.34. The van der Waals surface area contributed by atoms with Crippen LogP contribution in [0.2, 0.25) is 0 Å². The number of anilines is 1. The number of amides is 2. The van der Waals surface area contributed by atoms with Gasteiger partial charge in [0.15, 0.2) is 0 Å². The number of benzene rings is 2. The largest absolute Gasteiger partial charge is 0.478 e. The van der Waals surface area contributed by atoms with E-state index in [1.54, 1.807) is 12.1 Å². The molecular formula is C22H19N3O6. The Morgan fingerprint density at radius 2 is 1.77 bits per heavy atom. The number of nitrogens with zero attached hydrogens (tertiary/aromatic N) is 1. The highest BCUT2D eigenvalue weighted by Crippen LogP contribution is 2.13. The molecule has 31 heavy (non-hydrogen) atoms. The second kappa shape index (κ2) is 9.49. The van der Waals surface area contributed by atoms with E-state index in [0.29, 0.717) is 16.7 Å². The lowest BCUT2D eigenvalue weighted by atomic mass is 10.1. The molecule has 0 fully saturated rings. The van der Waals surface area contributed by atoms with Gasteiger partial charge in [-0.3, -0.25) is 14.4 Å². The monoisotopic (exact) mass is 421 g/mol. The fourth-order valence-electron chi connectivity index (χ4n) is 2.73. The second-order valence-electron chi connectivity index (χ2n) is 6.74. The zero-order valence-electron chi connectivity index (χ0n) is 16.5. The van der Waals surface area contributed by atoms with Gasteiger partial charge in [-0.2, -0.15) is 5.10 Å². The lowest BCUT2D eigenvalue weighted by Crippen LogP contribution is -2.21. The van der Waals surface area contributed by atoms with Crippen LogP contribution in [-0.4, -0.2) is 29.1 Å². The molecule has 2 amide bonds. The van der Waals surface area contributed by atoms with Crippen LogP contribution in [0.1, 0.15) is 34.3 Å². The van der Waals surface area contributed by atoms with Crippen molar-refractivity contribution in [1.82, 2.24) is 5.43 Å². The summed E-state index contributed by atoms with van der Waals surface area (Å²) < 4.78 is 5.40. The minimum Gasteiger partial charge on any atom is -0.478 e. The SMILES string of the molecule is Cc1ccc2occ(/C=N\NC(=O)CCC(=O)Nc3ccc(C(=O)O)cc3)c(=O)c2c1. The fraction of sp³-hybridized carbons (Fsp3) is 0.136. The number of carbonyl (C=O) groups is 3. The maximum absolute atomic E-state index is 12.5. The Morgan fingerprint density at radius 3 is 2.48 bits per heavy atom. The van der Waals surface area contributed by atoms with E-state index in [2.05, 4.69) is 15.8 Å². The molecule has 0 saturated carbocycles. The van der Waals surface area contributed by atoms with Gasteiger partial charge in [0.05, 0.1) is 22.7 Å². The number of carboxylic acid groups (broad SMARTS) is 1. The Hall–Kier alpha value is -4.27. The van der Waals surface area contributed by atoms with Crippen molar-refractivity contribution in [3.05, 3.63) is 75.6 Å². The number of aromatic carboxylic acids is 1. The lowest BCUT2D eigenvalue weighted by Gasteiger charge is -2.05. The van der Waals surface area contributed by atoms with E-state index in [1.165, 1.54) is 36.7 Å². The number of hydrazone groups is 1. The number of rotatable bonds is 7. The van der Waals surface area contributed by atoms with Gasteiger partial charge in [0.25, 0.3) is 0 Å². The van der Waals surface area contributed by atoms with Crippen LogP contribution in [0.25, 0.3) is 11.0 Å². The van der Waals surface area contributed by atoms with Gasteiger partial charge < -0.3 is 14.8 Å². The fourth-order valence-corrected chi connectivity index (χ4v) is 2.73. The summed E-state index contributed by atoms with van der Waals surface area (Å²) in [5, 5.41) is 15.6. The molecule has 3 N–H and O–H groups in total. The highest BCUT2D eigenvalue weighted by Gasteiger charge is 2.09. The summed E-state index contributed by atoms with van der Waals surface area (Å²) in [6.07, 6.45) is 2.23. The van der Waals surface area contributed by atoms with Gasteiger partial charge in [0, 0.05) is 18.5 Å². The maximum atomic E-state index is 12.5. The molecule has 2 aromatic carbocycles. The van der Waals surface area contributed by atoms with Gasteiger partial charge in [-0.05, 0) is 43.3 Å². The summed E-state index contributed by atoms with van der Waals surface area (Å²) >= 11 is 0. The molecule has 0 aliphatic carbocycles. The molecule has 0 bridgehead atoms. The van der Waals surface area contributed by atoms with Crippen molar-refractivity contribution in [2.24, 2.45) is 5.10 Å². The quantitative estimate of drug-likeness (QED) is 0.396. The van der Waals surface area contributed by atoms with Gasteiger partial charge in [-0.25, -0.2) is 10.2 Å². The first kappa shape index (κ1) is 21.4. The van der Waals surface area contributed by atoms with Crippen LogP contribution >= 0.6 is 0 Å². The number of fused-ring (bicyclic) bond motifs is 1. The van der Waals surface area contributed by atoms with Gasteiger partial charge >= 0.3 is 5.97 Å². The molecule has 9 nitrogen and oxygen atoms in total. The van der Waals surface area contributed by atoms with Crippen molar-refractivity contribution in [2.75, 3.05) is 5.32 Å². The van der Waals surface area contributed by atoms with E-state index in [-0.39, 0.29) is 29.4 Å². The van der Waals surface area contributed by atoms with E-state index < -0.39 is 17.8 Å². The van der Waals surface area contributed by atoms with Crippen molar-refractivity contribution >= 4 is 40.7 Å². The summed E-state index contributed by atoms with van der Waals surface area (Å²) in [5.74, 6) is -1.98. The first-order valence-electron chi connectivity index (χ1n) is 9.31. The van der Waals surface area contributed by atoms with E-state index in [0.717, 1.165) is 5.56 Å². The summed E-state index contributed by atoms with van der Waals surface area (Å²) in [7, 11) is 0. The highest BCUT2D eigenvalue weighted by molar-refractivity contribution is 5.94. The van der Waals surface area contributed by atoms with Crippen LogP contribution in [0, 0.1) is 6.92 Å². The molecule has 0 aliphatic rings. The zero-order valence-corrected chi connectivity index (χ0v) is 16.5. The van der Waals surface area contributed by atoms with Crippen molar-refractivity contribution in [2.45, 2.75) is 19.8 Å². The molecule has 0 spiro atoms. The highest BCUT2D eigenvalue weighted by atomic mass is 16.4. The average Bonchev–Trinajstić information content (AvgIpc) is 2.74. The van der Waals surface area contributed by atoms with Gasteiger partial charge in [0.2, 0.25) is 17.2 Å². The Kier molecular flexibility index (Phi) is 6.56. The summed E-state index contributed by atoms with van der Waals surface area (Å²) in [6.45, 7) is 1.86. The van der Waals surface area contributed by atoms with E-state index in [1.807, 2.05) is 13.0 Å². The first-order valence-corrected chi connectivity index (χ1v) is 9.31. The number of hydrogen-bond acceptors (Lipinski definition) is 6. The predicted molar refractivity (Wildman–Crippen MR) is 114 cm³/mol. The summed E-state index contributed by atoms with van der Waals surface area (Å²) in [4.78, 5) is 47.1. The number of nitrogens with one attached hydrogen (secondary N) is 2. The number of carboxylic acids is 1. The van der Waals surface area contributed by atoms with Crippen molar-refractivity contribution < 1.29 is 23.9 Å². The molecule has 0 saturated heterocycles. The van der Waals surface area contributed by atoms with Gasteiger partial charge in [-0.1, -0.05) is 11.6 Å². The molecule has 158 valence electrons. The van der Waals surface area contributed by atoms with Crippen molar-refractivity contribution in [3.8, 4) is 0 Å². The second-order valence-corrected chi connectivity index (χ2v) is 6.74. The summed E-state index contributed by atoms with van der Waals surface area (Å²) in [6, 6.07) is 10.9. The Morgan fingerprint density at radius 1 is 1.06 bits per heavy atom. The standard InChI is InChI=1S/C22H19N3O6/c1-13-2-7-18-17(10-13)21(28)15(12-31-18)11-23-25-20(27)9-8-19(26)24-16-5-3-14(4-6-16)22(29)30/h2-7,10-12H,8-9H2,1H3,(H,24,26)(H,25,27)(H,29,30)/b23-11-. The van der Waals surface area contributed by atoms with Crippen LogP contribution in [-0.2, 0) is 9.59 Å². The number of carbonyl (C=O) groups excluding carboxylic acids is 2. The van der Waals surface area contributed by atoms with Crippen LogP contribution in [0.5, 0.6) is 0 Å². The van der Waals surface area contributed by atoms with Gasteiger partial charge in [0.1, 0.15) is 11.8 Å². The molecule has 0 unspecified atom stereocenters. The smallest absolute Gasteiger partial charge is 0.335 e. The molecule has 3 aromatic rings. The third-order valence-electron chi connectivity index (χ3n) is 4.34. The molecule has 1 aromatic heterocycles. The lowest BCUT2D eigenvalue weighted by molar-refractivity contribution is -0.124. The summed E-state index contributed by atoms with van der Waals surface area (Å²) in [5.41, 5.74) is 4.07. The number of hydrogen-bond donors (Lipinski definition) is 3. The van der Waals surface area contributed by atoms with E-state index >= 15 is 0 Å². The van der Waals surface area contributed by atoms with Gasteiger partial charge in [-0.15, -0.1) is 0 Å². The minimum atomic E-state index is -1.06. The first-order chi connectivity index (χ1) is 14.8. The topological polar surface area (TPSA) is 138 Å². The number of aryl methyl sites for hydroxylation is 1. The zero-order chi connectivity index (χ0) is 22.4. The molecule has 0 aliphatic heterocycles. The van der Waals surface area contributed by atoms with E-state index in [9.17, 15) is 19.2 Å². The molecule has 0 radical (unpaired) electrons. The average molecular weight is 421 g/mol. The van der Waals surface area contributed by atoms with Crippen molar-refractivity contribution in [1.29, 1.82) is 0 Å². The Labute approximate surface area is 176 Å². The molecule has 1 heterocycles. The molecular weight excluding hydrogens is 402 g/mol. The van der Waals surface area contributed by atoms with E-state index in [4.69, 9.17) is 9.52 Å². The minimum absolute atomic E-state index is 0.0978. The third kappa shape index (κ3) is 5.63. The van der Waals surface area contributed by atoms with Crippen LogP contribution in [0.15, 0.2) is 63.0 Å². The molecule has 3 rings (SSSR count). The predicted octanol–water partition coefficient (Wildman–Crippen LogP) is 2.67. The molecule has 0 atom stereocenters. The Balaban J connectivity index is 1.51. The van der Waals surface area contributed by atoms with Crippen LogP contribution < -0.4 is 16.2 Å².